The summed E-state index contributed by atoms with van der Waals surface area (Å²) in [5.41, 5.74) is 1.79. The van der Waals surface area contributed by atoms with Gasteiger partial charge in [0.05, 0.1) is 0 Å². The molecule has 0 atom stereocenters. The van der Waals surface area contributed by atoms with Crippen molar-refractivity contribution in [2.24, 2.45) is 0 Å². The van der Waals surface area contributed by atoms with E-state index in [-0.39, 0.29) is 5.91 Å². The van der Waals surface area contributed by atoms with Crippen molar-refractivity contribution >= 4 is 27.5 Å². The minimum Gasteiger partial charge on any atom is -0.385 e. The molecule has 0 aliphatic heterocycles. The van der Waals surface area contributed by atoms with E-state index in [2.05, 4.69) is 45.6 Å². The fourth-order valence-corrected chi connectivity index (χ4v) is 3.30. The lowest BCUT2D eigenvalue weighted by Gasteiger charge is -2.07. The first-order chi connectivity index (χ1) is 13.8. The van der Waals surface area contributed by atoms with Crippen molar-refractivity contribution in [1.29, 1.82) is 0 Å². The van der Waals surface area contributed by atoms with Crippen LogP contribution in [0.1, 0.15) is 87.9 Å². The summed E-state index contributed by atoms with van der Waals surface area (Å²) >= 11 is 3.36. The van der Waals surface area contributed by atoms with Gasteiger partial charge < -0.3 is 10.6 Å². The van der Waals surface area contributed by atoms with Gasteiger partial charge in [-0.2, -0.15) is 0 Å². The van der Waals surface area contributed by atoms with Gasteiger partial charge in [0, 0.05) is 29.7 Å². The van der Waals surface area contributed by atoms with Crippen molar-refractivity contribution in [3.8, 4) is 0 Å². The molecular formula is C24H39BrN2O. The first-order valence-corrected chi connectivity index (χ1v) is 12.2. The predicted octanol–water partition coefficient (Wildman–Crippen LogP) is 7.09. The third kappa shape index (κ3) is 13.0. The average Bonchev–Trinajstić information content (AvgIpc) is 2.72. The highest BCUT2D eigenvalue weighted by Gasteiger charge is 2.04. The number of anilines is 1. The van der Waals surface area contributed by atoms with Crippen molar-refractivity contribution in [1.82, 2.24) is 5.32 Å². The topological polar surface area (TPSA) is 41.1 Å². The molecule has 0 aliphatic carbocycles. The summed E-state index contributed by atoms with van der Waals surface area (Å²) < 4.78 is 0. The van der Waals surface area contributed by atoms with Gasteiger partial charge in [0.15, 0.2) is 0 Å². The van der Waals surface area contributed by atoms with Crippen molar-refractivity contribution in [2.75, 3.05) is 23.7 Å². The van der Waals surface area contributed by atoms with Crippen LogP contribution < -0.4 is 10.6 Å². The number of nitrogens with one attached hydrogen (secondary N) is 2. The van der Waals surface area contributed by atoms with Crippen LogP contribution >= 0.6 is 15.9 Å². The van der Waals surface area contributed by atoms with E-state index in [1.807, 2.05) is 24.3 Å². The van der Waals surface area contributed by atoms with E-state index in [9.17, 15) is 4.79 Å². The smallest absolute Gasteiger partial charge is 0.251 e. The molecule has 0 saturated heterocycles. The second-order valence-electron chi connectivity index (χ2n) is 7.33. The van der Waals surface area contributed by atoms with Crippen LogP contribution in [0.5, 0.6) is 0 Å². The first-order valence-electron chi connectivity index (χ1n) is 11.1. The summed E-state index contributed by atoms with van der Waals surface area (Å²) in [6.45, 7) is 3.93. The van der Waals surface area contributed by atoms with Gasteiger partial charge in [-0.15, -0.1) is 0 Å². The number of carbonyl (C=O) groups is 1. The number of alkyl halides is 1. The highest BCUT2D eigenvalue weighted by molar-refractivity contribution is 9.09. The monoisotopic (exact) mass is 450 g/mol. The molecule has 1 amide bonds. The summed E-state index contributed by atoms with van der Waals surface area (Å²) in [5, 5.41) is 7.25. The lowest BCUT2D eigenvalue weighted by molar-refractivity contribution is 0.0954. The molecule has 0 unspecified atom stereocenters. The Morgan fingerprint density at radius 2 is 1.50 bits per heavy atom. The van der Waals surface area contributed by atoms with Crippen molar-refractivity contribution in [3.05, 3.63) is 42.0 Å². The van der Waals surface area contributed by atoms with Crippen LogP contribution in [0.2, 0.25) is 0 Å². The van der Waals surface area contributed by atoms with E-state index in [0.29, 0.717) is 12.1 Å². The molecule has 1 rings (SSSR count). The summed E-state index contributed by atoms with van der Waals surface area (Å²) in [7, 11) is 0. The number of unbranched alkanes of at least 4 members (excludes halogenated alkanes) is 8. The van der Waals surface area contributed by atoms with E-state index in [1.54, 1.807) is 0 Å². The standard InChI is InChI=1S/C24H39BrN2O/c1-2-3-4-5-6-7-8-9-10-11-12-13-20-26-23-17-15-22(16-18-23)24(28)27-21-14-19-25/h10-11,15-18,26H,2-9,12-14,19-21H2,1H3,(H,27,28). The molecule has 4 heteroatoms. The van der Waals surface area contributed by atoms with Gasteiger partial charge in [-0.3, -0.25) is 4.79 Å². The molecule has 0 spiro atoms. The zero-order valence-corrected chi connectivity index (χ0v) is 19.2. The van der Waals surface area contributed by atoms with Crippen LogP contribution in [0.3, 0.4) is 0 Å². The highest BCUT2D eigenvalue weighted by Crippen LogP contribution is 2.11. The van der Waals surface area contributed by atoms with E-state index in [0.717, 1.165) is 36.8 Å². The van der Waals surface area contributed by atoms with E-state index in [4.69, 9.17) is 0 Å². The zero-order valence-electron chi connectivity index (χ0n) is 17.6. The lowest BCUT2D eigenvalue weighted by atomic mass is 10.1. The van der Waals surface area contributed by atoms with Crippen molar-refractivity contribution in [3.63, 3.8) is 0 Å². The number of hydrogen-bond donors (Lipinski definition) is 2. The fourth-order valence-electron chi connectivity index (χ4n) is 3.02. The molecular weight excluding hydrogens is 412 g/mol. The van der Waals surface area contributed by atoms with Gasteiger partial charge in [0.25, 0.3) is 5.91 Å². The third-order valence-electron chi connectivity index (χ3n) is 4.76. The Balaban J connectivity index is 2.03. The number of amides is 1. The van der Waals surface area contributed by atoms with E-state index in [1.165, 1.54) is 51.4 Å². The molecule has 3 nitrogen and oxygen atoms in total. The summed E-state index contributed by atoms with van der Waals surface area (Å²) in [6.07, 6.45) is 18.7. The molecule has 0 fully saturated rings. The minimum atomic E-state index is -0.00130. The second kappa shape index (κ2) is 17.8. The third-order valence-corrected chi connectivity index (χ3v) is 5.32. The van der Waals surface area contributed by atoms with Crippen molar-refractivity contribution in [2.45, 2.75) is 77.6 Å². The molecule has 0 radical (unpaired) electrons. The number of allylic oxidation sites excluding steroid dienone is 2. The Kier molecular flexibility index (Phi) is 15.7. The van der Waals surface area contributed by atoms with Crippen LogP contribution in [0.25, 0.3) is 0 Å². The number of benzene rings is 1. The first kappa shape index (κ1) is 24.7. The molecule has 0 aliphatic rings. The highest BCUT2D eigenvalue weighted by atomic mass is 79.9. The second-order valence-corrected chi connectivity index (χ2v) is 8.12. The van der Waals surface area contributed by atoms with Crippen LogP contribution in [-0.2, 0) is 0 Å². The number of rotatable bonds is 17. The quantitative estimate of drug-likeness (QED) is 0.151. The SMILES string of the molecule is CCCCCCCCCC=CCCCNc1ccc(C(=O)NCCCBr)cc1. The van der Waals surface area contributed by atoms with Gasteiger partial charge in [-0.1, -0.05) is 73.5 Å². The molecule has 0 aromatic heterocycles. The van der Waals surface area contributed by atoms with Crippen LogP contribution in [-0.4, -0.2) is 24.3 Å². The molecule has 158 valence electrons. The molecule has 2 N–H and O–H groups in total. The maximum absolute atomic E-state index is 12.0. The van der Waals surface area contributed by atoms with Gasteiger partial charge >= 0.3 is 0 Å². The Morgan fingerprint density at radius 1 is 0.857 bits per heavy atom. The molecule has 0 bridgehead atoms. The van der Waals surface area contributed by atoms with Crippen LogP contribution in [0.4, 0.5) is 5.69 Å². The van der Waals surface area contributed by atoms with Gasteiger partial charge in [-0.25, -0.2) is 0 Å². The maximum Gasteiger partial charge on any atom is 0.251 e. The predicted molar refractivity (Wildman–Crippen MR) is 127 cm³/mol. The molecule has 1 aromatic carbocycles. The number of hydrogen-bond acceptors (Lipinski definition) is 2. The number of carbonyl (C=O) groups excluding carboxylic acids is 1. The normalized spacial score (nSPS) is 11.1. The Labute approximate surface area is 180 Å². The van der Waals surface area contributed by atoms with E-state index >= 15 is 0 Å². The Morgan fingerprint density at radius 3 is 2.18 bits per heavy atom. The minimum absolute atomic E-state index is 0.00130. The summed E-state index contributed by atoms with van der Waals surface area (Å²) in [6, 6.07) is 7.73. The van der Waals surface area contributed by atoms with Gasteiger partial charge in [0.1, 0.15) is 0 Å². The fraction of sp³-hybridized carbons (Fsp3) is 0.625. The largest absolute Gasteiger partial charge is 0.385 e. The van der Waals surface area contributed by atoms with Crippen LogP contribution in [0.15, 0.2) is 36.4 Å². The Hall–Kier alpha value is -1.29. The van der Waals surface area contributed by atoms with Crippen LogP contribution in [0, 0.1) is 0 Å². The summed E-state index contributed by atoms with van der Waals surface area (Å²) in [5.74, 6) is -0.00130. The lowest BCUT2D eigenvalue weighted by Crippen LogP contribution is -2.24. The molecule has 1 aromatic rings. The van der Waals surface area contributed by atoms with E-state index < -0.39 is 0 Å². The zero-order chi connectivity index (χ0) is 20.3. The van der Waals surface area contributed by atoms with Gasteiger partial charge in [-0.05, 0) is 56.4 Å². The molecule has 0 heterocycles. The molecule has 0 saturated carbocycles. The Bertz CT molecular complexity index is 528. The van der Waals surface area contributed by atoms with Crippen molar-refractivity contribution < 1.29 is 4.79 Å². The number of halogens is 1. The maximum atomic E-state index is 12.0. The average molecular weight is 451 g/mol. The van der Waals surface area contributed by atoms with Gasteiger partial charge in [0.2, 0.25) is 0 Å². The summed E-state index contributed by atoms with van der Waals surface area (Å²) in [4.78, 5) is 12.0. The molecule has 28 heavy (non-hydrogen) atoms.